The maximum Gasteiger partial charge on any atom is 0.235 e. The first-order valence-corrected chi connectivity index (χ1v) is 8.24. The molecule has 2 N–H and O–H groups in total. The summed E-state index contributed by atoms with van der Waals surface area (Å²) in [7, 11) is 0. The minimum absolute atomic E-state index is 0. The molecule has 1 amide bonds. The van der Waals surface area contributed by atoms with E-state index < -0.39 is 0 Å². The average Bonchev–Trinajstić information content (AvgIpc) is 2.91. The number of nitrogens with zero attached hydrogens (tertiary/aromatic N) is 1. The van der Waals surface area contributed by atoms with Crippen LogP contribution in [0.2, 0.25) is 0 Å². The number of carbonyl (C=O) groups excluding carboxylic acids is 1. The minimum atomic E-state index is -0.342. The van der Waals surface area contributed by atoms with Crippen LogP contribution in [0, 0.1) is 5.92 Å². The number of hydrogen-bond acceptors (Lipinski definition) is 3. The Hall–Kier alpha value is -1.36. The second-order valence-electron chi connectivity index (χ2n) is 6.02. The molecule has 22 heavy (non-hydrogen) atoms. The Morgan fingerprint density at radius 3 is 2.41 bits per heavy atom. The molecule has 1 aliphatic heterocycles. The molecule has 1 aromatic heterocycles. The Balaban J connectivity index is 0.00000144. The normalized spacial score (nSPS) is 25.5. The summed E-state index contributed by atoms with van der Waals surface area (Å²) in [5.74, 6) is 0.559. The molecule has 0 saturated heterocycles. The predicted octanol–water partition coefficient (Wildman–Crippen LogP) is 2.93. The van der Waals surface area contributed by atoms with Gasteiger partial charge in [-0.15, -0.1) is 23.7 Å². The van der Waals surface area contributed by atoms with Crippen molar-refractivity contribution < 1.29 is 4.79 Å². The highest BCUT2D eigenvalue weighted by Gasteiger charge is 2.62. The number of thiophene rings is 1. The highest BCUT2D eigenvalue weighted by atomic mass is 35.5. The van der Waals surface area contributed by atoms with Crippen molar-refractivity contribution in [1.29, 1.82) is 0 Å². The lowest BCUT2D eigenvalue weighted by atomic mass is 9.99. The first kappa shape index (κ1) is 15.5. The van der Waals surface area contributed by atoms with Crippen molar-refractivity contribution >= 4 is 29.7 Å². The number of carbonyl (C=O) groups is 1. The number of fused-ring (bicyclic) bond motifs is 1. The molecule has 0 unspecified atom stereocenters. The molecule has 2 atom stereocenters. The van der Waals surface area contributed by atoms with Crippen LogP contribution >= 0.6 is 23.7 Å². The summed E-state index contributed by atoms with van der Waals surface area (Å²) < 4.78 is 0. The largest absolute Gasteiger partial charge is 0.333 e. The van der Waals surface area contributed by atoms with Crippen molar-refractivity contribution in [3.8, 4) is 0 Å². The lowest BCUT2D eigenvalue weighted by Gasteiger charge is -2.23. The fourth-order valence-electron chi connectivity index (χ4n) is 3.57. The monoisotopic (exact) mass is 334 g/mol. The van der Waals surface area contributed by atoms with Crippen LogP contribution in [-0.4, -0.2) is 17.4 Å². The van der Waals surface area contributed by atoms with Gasteiger partial charge in [0.15, 0.2) is 0 Å². The van der Waals surface area contributed by atoms with Crippen molar-refractivity contribution in [2.45, 2.75) is 24.9 Å². The maximum atomic E-state index is 13.1. The number of halogens is 1. The average molecular weight is 335 g/mol. The summed E-state index contributed by atoms with van der Waals surface area (Å²) in [6.45, 7) is 2.06. The van der Waals surface area contributed by atoms with Gasteiger partial charge >= 0.3 is 0 Å². The van der Waals surface area contributed by atoms with Crippen LogP contribution in [0.4, 0.5) is 0 Å². The molecule has 5 heteroatoms. The molecular weight excluding hydrogens is 316 g/mol. The van der Waals surface area contributed by atoms with Gasteiger partial charge in [0.25, 0.3) is 0 Å². The van der Waals surface area contributed by atoms with Crippen molar-refractivity contribution in [1.82, 2.24) is 4.90 Å². The van der Waals surface area contributed by atoms with E-state index in [1.807, 2.05) is 23.1 Å². The smallest absolute Gasteiger partial charge is 0.235 e. The van der Waals surface area contributed by atoms with Gasteiger partial charge in [-0.05, 0) is 41.5 Å². The molecular formula is C17H19ClN2OS. The molecule has 116 valence electrons. The van der Waals surface area contributed by atoms with E-state index in [2.05, 4.69) is 23.6 Å². The quantitative estimate of drug-likeness (QED) is 0.938. The topological polar surface area (TPSA) is 46.3 Å². The van der Waals surface area contributed by atoms with Crippen LogP contribution in [0.1, 0.15) is 22.4 Å². The van der Waals surface area contributed by atoms with Gasteiger partial charge in [0.05, 0.1) is 5.41 Å². The van der Waals surface area contributed by atoms with Gasteiger partial charge in [-0.1, -0.05) is 30.3 Å². The van der Waals surface area contributed by atoms with Gasteiger partial charge in [0.1, 0.15) is 0 Å². The second kappa shape index (κ2) is 5.69. The Morgan fingerprint density at radius 2 is 1.91 bits per heavy atom. The molecule has 1 fully saturated rings. The van der Waals surface area contributed by atoms with Gasteiger partial charge in [0, 0.05) is 18.0 Å². The first-order chi connectivity index (χ1) is 10.3. The van der Waals surface area contributed by atoms with E-state index in [4.69, 9.17) is 5.73 Å². The van der Waals surface area contributed by atoms with Crippen molar-refractivity contribution in [2.24, 2.45) is 11.7 Å². The molecule has 2 aromatic rings. The van der Waals surface area contributed by atoms with E-state index in [0.29, 0.717) is 12.5 Å². The Bertz CT molecular complexity index is 663. The van der Waals surface area contributed by atoms with E-state index >= 15 is 0 Å². The van der Waals surface area contributed by atoms with E-state index in [0.717, 1.165) is 19.5 Å². The summed E-state index contributed by atoms with van der Waals surface area (Å²) in [4.78, 5) is 16.3. The third kappa shape index (κ3) is 2.18. The standard InChI is InChI=1S/C17H18N2OS.ClH/c18-9-14-8-17(14,15-6-3-7-21-15)16(20)19-10-12-4-1-2-5-13(12)11-19;/h1-7,14H,8-11,18H2;1H/t14-,17-;/m0./s1. The molecule has 0 radical (unpaired) electrons. The third-order valence-electron chi connectivity index (χ3n) is 4.86. The van der Waals surface area contributed by atoms with Crippen LogP contribution in [-0.2, 0) is 23.3 Å². The summed E-state index contributed by atoms with van der Waals surface area (Å²) >= 11 is 1.68. The number of hydrogen-bond donors (Lipinski definition) is 1. The van der Waals surface area contributed by atoms with E-state index in [1.54, 1.807) is 11.3 Å². The maximum absolute atomic E-state index is 13.1. The molecule has 2 aliphatic rings. The van der Waals surface area contributed by atoms with Crippen molar-refractivity contribution in [3.05, 3.63) is 57.8 Å². The summed E-state index contributed by atoms with van der Waals surface area (Å²) in [6, 6.07) is 12.4. The number of rotatable bonds is 3. The molecule has 3 nitrogen and oxygen atoms in total. The third-order valence-corrected chi connectivity index (χ3v) is 5.91. The van der Waals surface area contributed by atoms with Gasteiger partial charge in [0.2, 0.25) is 5.91 Å². The van der Waals surface area contributed by atoms with Crippen molar-refractivity contribution in [3.63, 3.8) is 0 Å². The number of benzene rings is 1. The second-order valence-corrected chi connectivity index (χ2v) is 6.96. The summed E-state index contributed by atoms with van der Waals surface area (Å²) in [6.07, 6.45) is 0.899. The number of nitrogens with two attached hydrogens (primary N) is 1. The fourth-order valence-corrected chi connectivity index (χ4v) is 4.58. The number of amides is 1. The van der Waals surface area contributed by atoms with Gasteiger partial charge in [-0.3, -0.25) is 4.79 Å². The lowest BCUT2D eigenvalue weighted by Crippen LogP contribution is -2.37. The van der Waals surface area contributed by atoms with Crippen LogP contribution in [0.15, 0.2) is 41.8 Å². The fraction of sp³-hybridized carbons (Fsp3) is 0.353. The van der Waals surface area contributed by atoms with Crippen LogP contribution in [0.25, 0.3) is 0 Å². The van der Waals surface area contributed by atoms with E-state index in [-0.39, 0.29) is 23.7 Å². The summed E-state index contributed by atoms with van der Waals surface area (Å²) in [5, 5.41) is 2.05. The SMILES string of the molecule is Cl.NC[C@@H]1C[C@@]1(C(=O)N1Cc2ccccc2C1)c1cccs1. The van der Waals surface area contributed by atoms with E-state index in [1.165, 1.54) is 16.0 Å². The lowest BCUT2D eigenvalue weighted by molar-refractivity contribution is -0.134. The Labute approximate surface area is 140 Å². The Morgan fingerprint density at radius 1 is 1.23 bits per heavy atom. The molecule has 0 spiro atoms. The highest BCUT2D eigenvalue weighted by molar-refractivity contribution is 7.10. The van der Waals surface area contributed by atoms with Gasteiger partial charge < -0.3 is 10.6 Å². The van der Waals surface area contributed by atoms with Crippen LogP contribution < -0.4 is 5.73 Å². The highest BCUT2D eigenvalue weighted by Crippen LogP contribution is 2.56. The Kier molecular flexibility index (Phi) is 4.02. The van der Waals surface area contributed by atoms with Gasteiger partial charge in [-0.2, -0.15) is 0 Å². The summed E-state index contributed by atoms with van der Waals surface area (Å²) in [5.41, 5.74) is 8.08. The molecule has 2 heterocycles. The molecule has 1 saturated carbocycles. The zero-order valence-corrected chi connectivity index (χ0v) is 13.8. The van der Waals surface area contributed by atoms with Crippen molar-refractivity contribution in [2.75, 3.05) is 6.54 Å². The van der Waals surface area contributed by atoms with E-state index in [9.17, 15) is 4.79 Å². The molecule has 4 rings (SSSR count). The predicted molar refractivity (Wildman–Crippen MR) is 91.1 cm³/mol. The van der Waals surface area contributed by atoms with Crippen LogP contribution in [0.5, 0.6) is 0 Å². The molecule has 1 aliphatic carbocycles. The molecule has 0 bridgehead atoms. The first-order valence-electron chi connectivity index (χ1n) is 7.36. The minimum Gasteiger partial charge on any atom is -0.333 e. The zero-order chi connectivity index (χ0) is 14.4. The molecule has 1 aromatic carbocycles. The van der Waals surface area contributed by atoms with Gasteiger partial charge in [-0.25, -0.2) is 0 Å². The van der Waals surface area contributed by atoms with Crippen LogP contribution in [0.3, 0.4) is 0 Å². The zero-order valence-electron chi connectivity index (χ0n) is 12.2.